The number of hydrogen-bond donors (Lipinski definition) is 1. The summed E-state index contributed by atoms with van der Waals surface area (Å²) in [4.78, 5) is 53.8. The molecule has 0 radical (unpaired) electrons. The number of alkyl halides is 3. The first-order valence-electron chi connectivity index (χ1n) is 13.4. The molecule has 3 aromatic rings. The third-order valence-corrected chi connectivity index (χ3v) is 11.8. The van der Waals surface area contributed by atoms with Gasteiger partial charge in [0.2, 0.25) is 11.8 Å². The zero-order valence-corrected chi connectivity index (χ0v) is 26.5. The van der Waals surface area contributed by atoms with Gasteiger partial charge in [0.15, 0.2) is 9.75 Å². The molecule has 11 heteroatoms. The van der Waals surface area contributed by atoms with Gasteiger partial charge in [0.25, 0.3) is 11.8 Å². The Morgan fingerprint density at radius 3 is 2.33 bits per heavy atom. The van der Waals surface area contributed by atoms with Crippen LogP contribution in [0.5, 0.6) is 5.75 Å². The molecule has 0 aromatic heterocycles. The highest BCUT2D eigenvalue weighted by Crippen LogP contribution is 2.66. The molecular weight excluding hydrogens is 711 g/mol. The minimum absolute atomic E-state index is 0.0799. The molecule has 3 fully saturated rings. The van der Waals surface area contributed by atoms with E-state index in [1.807, 2.05) is 24.3 Å². The van der Waals surface area contributed by atoms with Crippen LogP contribution in [0.1, 0.15) is 24.3 Å². The Hall–Kier alpha value is -2.72. The van der Waals surface area contributed by atoms with E-state index < -0.39 is 45.2 Å². The van der Waals surface area contributed by atoms with Gasteiger partial charge in [-0.15, -0.1) is 23.2 Å². The van der Waals surface area contributed by atoms with Crippen molar-refractivity contribution in [1.82, 2.24) is 4.90 Å². The summed E-state index contributed by atoms with van der Waals surface area (Å²) in [5.41, 5.74) is 1.30. The molecule has 214 valence electrons. The van der Waals surface area contributed by atoms with Crippen molar-refractivity contribution in [2.45, 2.75) is 28.5 Å². The van der Waals surface area contributed by atoms with E-state index in [0.717, 1.165) is 14.8 Å². The van der Waals surface area contributed by atoms with E-state index >= 15 is 0 Å². The second-order valence-corrected chi connectivity index (χ2v) is 13.9. The van der Waals surface area contributed by atoms with E-state index in [9.17, 15) is 24.3 Å². The van der Waals surface area contributed by atoms with Gasteiger partial charge in [-0.2, -0.15) is 0 Å². The van der Waals surface area contributed by atoms with Crippen molar-refractivity contribution in [1.29, 1.82) is 0 Å². The van der Waals surface area contributed by atoms with Gasteiger partial charge in [-0.25, -0.2) is 0 Å². The molecule has 0 spiro atoms. The Kier molecular flexibility index (Phi) is 6.45. The van der Waals surface area contributed by atoms with Crippen LogP contribution in [-0.2, 0) is 19.2 Å². The van der Waals surface area contributed by atoms with Gasteiger partial charge in [-0.3, -0.25) is 29.0 Å². The molecule has 2 aliphatic carbocycles. The van der Waals surface area contributed by atoms with Crippen LogP contribution in [0.4, 0.5) is 5.69 Å². The molecule has 2 heterocycles. The van der Waals surface area contributed by atoms with E-state index in [1.54, 1.807) is 42.5 Å². The third-order valence-electron chi connectivity index (χ3n) is 9.34. The first-order valence-corrected chi connectivity index (χ1v) is 16.1. The lowest BCUT2D eigenvalue weighted by Crippen LogP contribution is -2.60. The highest BCUT2D eigenvalue weighted by atomic mass is 79.9. The average molecular weight is 733 g/mol. The number of carbonyl (C=O) groups is 4. The molecule has 1 saturated carbocycles. The lowest BCUT2D eigenvalue weighted by Gasteiger charge is -2.50. The lowest BCUT2D eigenvalue weighted by molar-refractivity contribution is -0.138. The zero-order valence-electron chi connectivity index (χ0n) is 21.8. The number of allylic oxidation sites excluding steroid dienone is 2. The summed E-state index contributed by atoms with van der Waals surface area (Å²) >= 11 is 21.2. The maximum atomic E-state index is 14.1. The average Bonchev–Trinajstić information content (AvgIpc) is 3.32. The standard InChI is InChI=1S/C31H22Br2Cl2N2O5/c32-14-36-28(41)30(34)13-22-19(11-12-20-23(22)27(40)37(26(20)39)17-8-6-16(33)7-9-17)24(31(30,35)29(36)42)21-10-5-15-3-1-2-4-18(15)25(21)38/h1-11,20,22-24,38H,12-14H2/t20-,22+,23-,24+,30+,31-/m0/s1. The van der Waals surface area contributed by atoms with Crippen molar-refractivity contribution in [3.05, 3.63) is 82.3 Å². The number of phenolic OH excluding ortho intramolecular Hbond substituents is 1. The molecule has 3 aromatic carbocycles. The molecule has 7 rings (SSSR count). The largest absolute Gasteiger partial charge is 0.507 e. The molecule has 42 heavy (non-hydrogen) atoms. The monoisotopic (exact) mass is 730 g/mol. The number of fused-ring (bicyclic) bond motifs is 5. The van der Waals surface area contributed by atoms with Gasteiger partial charge >= 0.3 is 0 Å². The predicted molar refractivity (Wildman–Crippen MR) is 166 cm³/mol. The molecule has 0 bridgehead atoms. The summed E-state index contributed by atoms with van der Waals surface area (Å²) < 4.78 is 0.806. The first-order chi connectivity index (χ1) is 20.0. The molecule has 4 aliphatic rings. The number of benzene rings is 3. The first kappa shape index (κ1) is 28.1. The second-order valence-electron chi connectivity index (χ2n) is 11.2. The Bertz CT molecular complexity index is 1760. The molecule has 4 amide bonds. The number of phenols is 1. The minimum Gasteiger partial charge on any atom is -0.507 e. The van der Waals surface area contributed by atoms with Crippen LogP contribution in [0.2, 0.25) is 0 Å². The van der Waals surface area contributed by atoms with Crippen molar-refractivity contribution in [3.63, 3.8) is 0 Å². The fourth-order valence-electron chi connectivity index (χ4n) is 7.45. The number of likely N-dealkylation sites (tertiary alicyclic amines) is 1. The molecule has 1 N–H and O–H groups in total. The molecule has 2 aliphatic heterocycles. The molecule has 7 nitrogen and oxygen atoms in total. The van der Waals surface area contributed by atoms with E-state index in [2.05, 4.69) is 31.9 Å². The van der Waals surface area contributed by atoms with Crippen molar-refractivity contribution in [2.24, 2.45) is 17.8 Å². The van der Waals surface area contributed by atoms with Crippen LogP contribution >= 0.6 is 55.1 Å². The highest BCUT2D eigenvalue weighted by molar-refractivity contribution is 9.10. The van der Waals surface area contributed by atoms with Gasteiger partial charge in [-0.05, 0) is 48.4 Å². The molecular formula is C31H22Br2Cl2N2O5. The van der Waals surface area contributed by atoms with Gasteiger partial charge in [0.05, 0.1) is 23.0 Å². The van der Waals surface area contributed by atoms with E-state index in [0.29, 0.717) is 22.2 Å². The topological polar surface area (TPSA) is 95.0 Å². The van der Waals surface area contributed by atoms with Crippen molar-refractivity contribution in [2.75, 3.05) is 10.4 Å². The molecule has 0 unspecified atom stereocenters. The van der Waals surface area contributed by atoms with Crippen LogP contribution in [0, 0.1) is 17.8 Å². The Balaban J connectivity index is 1.43. The fraction of sp³-hybridized carbons (Fsp3) is 0.290. The smallest absolute Gasteiger partial charge is 0.254 e. The van der Waals surface area contributed by atoms with Crippen molar-refractivity contribution < 1.29 is 24.3 Å². The molecule has 6 atom stereocenters. The number of rotatable bonds is 3. The minimum atomic E-state index is -1.98. The summed E-state index contributed by atoms with van der Waals surface area (Å²) in [6, 6.07) is 17.7. The highest BCUT2D eigenvalue weighted by Gasteiger charge is 2.76. The second kappa shape index (κ2) is 9.64. The maximum absolute atomic E-state index is 14.1. The fourth-order valence-corrected chi connectivity index (χ4v) is 9.13. The summed E-state index contributed by atoms with van der Waals surface area (Å²) in [6.45, 7) is 0. The summed E-state index contributed by atoms with van der Waals surface area (Å²) in [5.74, 6) is -5.33. The van der Waals surface area contributed by atoms with Gasteiger partial charge < -0.3 is 5.11 Å². The number of amides is 4. The molecule has 2 saturated heterocycles. The van der Waals surface area contributed by atoms with E-state index in [-0.39, 0.29) is 35.9 Å². The predicted octanol–water partition coefficient (Wildman–Crippen LogP) is 6.22. The number of nitrogens with zero attached hydrogens (tertiary/aromatic N) is 2. The maximum Gasteiger partial charge on any atom is 0.254 e. The summed E-state index contributed by atoms with van der Waals surface area (Å²) in [7, 11) is 0. The van der Waals surface area contributed by atoms with Crippen LogP contribution in [-0.4, -0.2) is 48.8 Å². The number of halogens is 4. The number of aromatic hydroxyl groups is 1. The Morgan fingerprint density at radius 2 is 1.62 bits per heavy atom. The Morgan fingerprint density at radius 1 is 0.905 bits per heavy atom. The van der Waals surface area contributed by atoms with Crippen molar-refractivity contribution in [3.8, 4) is 5.75 Å². The number of anilines is 1. The van der Waals surface area contributed by atoms with Gasteiger partial charge in [0, 0.05) is 21.3 Å². The zero-order chi connectivity index (χ0) is 29.7. The van der Waals surface area contributed by atoms with Crippen LogP contribution in [0.15, 0.2) is 76.8 Å². The number of imide groups is 2. The van der Waals surface area contributed by atoms with E-state index in [4.69, 9.17) is 23.2 Å². The van der Waals surface area contributed by atoms with E-state index in [1.165, 1.54) is 4.90 Å². The number of carbonyl (C=O) groups excluding carboxylic acids is 4. The van der Waals surface area contributed by atoms with Crippen LogP contribution in [0.3, 0.4) is 0 Å². The third kappa shape index (κ3) is 3.51. The van der Waals surface area contributed by atoms with Crippen LogP contribution < -0.4 is 4.90 Å². The normalized spacial score (nSPS) is 32.2. The lowest BCUT2D eigenvalue weighted by atomic mass is 9.56. The summed E-state index contributed by atoms with van der Waals surface area (Å²) in [5, 5.41) is 12.9. The van der Waals surface area contributed by atoms with Crippen molar-refractivity contribution >= 4 is 95.2 Å². The number of hydrogen-bond acceptors (Lipinski definition) is 5. The van der Waals surface area contributed by atoms with Gasteiger partial charge in [-0.1, -0.05) is 79.9 Å². The quantitative estimate of drug-likeness (QED) is 0.149. The summed E-state index contributed by atoms with van der Waals surface area (Å²) in [6.07, 6.45) is 1.99. The Labute approximate surface area is 267 Å². The SMILES string of the molecule is O=C1[C@H]2[C@H](CC=C3[C@H]2C[C@@]2(Cl)C(=O)N(CBr)C(=O)[C@@]2(Cl)[C@H]3c2ccc3ccccc3c2O)C(=O)N1c1ccc(Br)cc1. The van der Waals surface area contributed by atoms with Crippen LogP contribution in [0.25, 0.3) is 10.8 Å². The van der Waals surface area contributed by atoms with Gasteiger partial charge in [0.1, 0.15) is 5.75 Å².